The van der Waals surface area contributed by atoms with E-state index in [1.807, 2.05) is 0 Å². The van der Waals surface area contributed by atoms with E-state index >= 15 is 0 Å². The van der Waals surface area contributed by atoms with E-state index in [9.17, 15) is 13.2 Å². The summed E-state index contributed by atoms with van der Waals surface area (Å²) in [6.07, 6.45) is 0. The van der Waals surface area contributed by atoms with Gasteiger partial charge in [0.2, 0.25) is 10.0 Å². The number of sulfonamides is 1. The van der Waals surface area contributed by atoms with E-state index in [4.69, 9.17) is 32.7 Å². The van der Waals surface area contributed by atoms with Crippen molar-refractivity contribution in [2.45, 2.75) is 4.90 Å². The number of rotatable bonds is 6. The number of nitrogens with one attached hydrogen (secondary N) is 1. The zero-order chi connectivity index (χ0) is 20.1. The van der Waals surface area contributed by atoms with Gasteiger partial charge in [0.05, 0.1) is 23.1 Å². The van der Waals surface area contributed by atoms with Crippen LogP contribution >= 0.6 is 23.2 Å². The fourth-order valence-electron chi connectivity index (χ4n) is 2.60. The molecule has 0 aliphatic carbocycles. The second-order valence-corrected chi connectivity index (χ2v) is 8.74. The third kappa shape index (κ3) is 5.15. The van der Waals surface area contributed by atoms with Crippen molar-refractivity contribution in [3.8, 4) is 5.75 Å². The predicted octanol–water partition coefficient (Wildman–Crippen LogP) is 3.03. The molecular formula is C18H18Cl2N2O5S. The maximum absolute atomic E-state index is 12.7. The van der Waals surface area contributed by atoms with Crippen LogP contribution in [0.1, 0.15) is 0 Å². The number of ether oxygens (including phenoxy) is 2. The molecule has 1 aliphatic rings. The number of amides is 1. The van der Waals surface area contributed by atoms with Crippen molar-refractivity contribution in [3.63, 3.8) is 0 Å². The van der Waals surface area contributed by atoms with Crippen LogP contribution in [0.15, 0.2) is 47.4 Å². The largest absolute Gasteiger partial charge is 0.482 e. The Hall–Kier alpha value is -1.84. The molecule has 0 unspecified atom stereocenters. The topological polar surface area (TPSA) is 84.9 Å². The number of nitrogens with zero attached hydrogens (tertiary/aromatic N) is 1. The van der Waals surface area contributed by atoms with E-state index in [0.717, 1.165) is 0 Å². The summed E-state index contributed by atoms with van der Waals surface area (Å²) in [6, 6.07) is 10.7. The molecule has 1 saturated heterocycles. The molecule has 28 heavy (non-hydrogen) atoms. The van der Waals surface area contributed by atoms with Crippen LogP contribution in [-0.2, 0) is 19.6 Å². The number of hydrogen-bond donors (Lipinski definition) is 1. The lowest BCUT2D eigenvalue weighted by atomic mass is 10.3. The first-order chi connectivity index (χ1) is 13.4. The number of carbonyl (C=O) groups excluding carboxylic acids is 1. The first-order valence-corrected chi connectivity index (χ1v) is 10.6. The maximum atomic E-state index is 12.7. The Morgan fingerprint density at radius 1 is 1.14 bits per heavy atom. The zero-order valence-electron chi connectivity index (χ0n) is 14.7. The molecule has 0 atom stereocenters. The van der Waals surface area contributed by atoms with E-state index in [2.05, 4.69) is 5.32 Å². The minimum atomic E-state index is -3.64. The molecule has 1 fully saturated rings. The van der Waals surface area contributed by atoms with Gasteiger partial charge < -0.3 is 14.8 Å². The Labute approximate surface area is 173 Å². The highest BCUT2D eigenvalue weighted by molar-refractivity contribution is 7.89. The first-order valence-electron chi connectivity index (χ1n) is 8.42. The van der Waals surface area contributed by atoms with Gasteiger partial charge in [-0.2, -0.15) is 4.31 Å². The van der Waals surface area contributed by atoms with Crippen molar-refractivity contribution in [1.29, 1.82) is 0 Å². The smallest absolute Gasteiger partial charge is 0.262 e. The fourth-order valence-corrected chi connectivity index (χ4v) is 4.52. The van der Waals surface area contributed by atoms with Crippen LogP contribution in [-0.4, -0.2) is 51.5 Å². The summed E-state index contributed by atoms with van der Waals surface area (Å²) in [4.78, 5) is 12.3. The standard InChI is InChI=1S/C18H18Cl2N2O5S/c19-13-4-5-17(16(20)10-13)27-12-18(23)21-14-2-1-3-15(11-14)28(24,25)22-6-8-26-9-7-22/h1-5,10-11H,6-9,12H2,(H,21,23). The number of morpholine rings is 1. The number of hydrogen-bond acceptors (Lipinski definition) is 5. The fraction of sp³-hybridized carbons (Fsp3) is 0.278. The molecule has 1 amide bonds. The molecule has 0 radical (unpaired) electrons. The average molecular weight is 445 g/mol. The summed E-state index contributed by atoms with van der Waals surface area (Å²) in [5.74, 6) is -0.128. The highest BCUT2D eigenvalue weighted by Gasteiger charge is 2.26. The van der Waals surface area contributed by atoms with E-state index in [1.54, 1.807) is 24.3 Å². The molecule has 2 aromatic rings. The average Bonchev–Trinajstić information content (AvgIpc) is 2.68. The van der Waals surface area contributed by atoms with Crippen molar-refractivity contribution < 1.29 is 22.7 Å². The van der Waals surface area contributed by atoms with Gasteiger partial charge in [0.15, 0.2) is 6.61 Å². The Morgan fingerprint density at radius 2 is 1.89 bits per heavy atom. The van der Waals surface area contributed by atoms with Crippen molar-refractivity contribution in [1.82, 2.24) is 4.31 Å². The van der Waals surface area contributed by atoms with Crippen LogP contribution in [0.4, 0.5) is 5.69 Å². The van der Waals surface area contributed by atoms with Gasteiger partial charge in [-0.05, 0) is 36.4 Å². The van der Waals surface area contributed by atoms with Crippen molar-refractivity contribution in [2.24, 2.45) is 0 Å². The van der Waals surface area contributed by atoms with Crippen molar-refractivity contribution >= 4 is 44.8 Å². The van der Waals surface area contributed by atoms with Gasteiger partial charge in [-0.1, -0.05) is 29.3 Å². The number of benzene rings is 2. The molecule has 0 bridgehead atoms. The Morgan fingerprint density at radius 3 is 2.61 bits per heavy atom. The number of anilines is 1. The molecule has 1 heterocycles. The monoisotopic (exact) mass is 444 g/mol. The lowest BCUT2D eigenvalue weighted by Gasteiger charge is -2.26. The van der Waals surface area contributed by atoms with Crippen molar-refractivity contribution in [2.75, 3.05) is 38.2 Å². The number of halogens is 2. The molecule has 1 aliphatic heterocycles. The lowest BCUT2D eigenvalue weighted by Crippen LogP contribution is -2.40. The summed E-state index contributed by atoms with van der Waals surface area (Å²) in [5, 5.41) is 3.37. The van der Waals surface area contributed by atoms with Gasteiger partial charge in [0.1, 0.15) is 5.75 Å². The van der Waals surface area contributed by atoms with Gasteiger partial charge >= 0.3 is 0 Å². The summed E-state index contributed by atoms with van der Waals surface area (Å²) in [7, 11) is -3.64. The molecule has 150 valence electrons. The quantitative estimate of drug-likeness (QED) is 0.739. The van der Waals surface area contributed by atoms with Gasteiger partial charge in [0, 0.05) is 23.8 Å². The molecule has 10 heteroatoms. The van der Waals surface area contributed by atoms with Gasteiger partial charge in [0.25, 0.3) is 5.91 Å². The maximum Gasteiger partial charge on any atom is 0.262 e. The molecule has 3 rings (SSSR count). The van der Waals surface area contributed by atoms with Crippen LogP contribution in [0.5, 0.6) is 5.75 Å². The van der Waals surface area contributed by atoms with Crippen LogP contribution in [0.2, 0.25) is 10.0 Å². The Bertz CT molecular complexity index is 962. The predicted molar refractivity (Wildman–Crippen MR) is 107 cm³/mol. The summed E-state index contributed by atoms with van der Waals surface area (Å²) in [6.45, 7) is 1.03. The summed E-state index contributed by atoms with van der Waals surface area (Å²) in [5.41, 5.74) is 0.352. The Balaban J connectivity index is 1.64. The normalized spacial score (nSPS) is 15.2. The second kappa shape index (κ2) is 9.11. The summed E-state index contributed by atoms with van der Waals surface area (Å²) < 4.78 is 37.3. The third-order valence-electron chi connectivity index (χ3n) is 3.98. The SMILES string of the molecule is O=C(COc1ccc(Cl)cc1Cl)Nc1cccc(S(=O)(=O)N2CCOCC2)c1. The Kier molecular flexibility index (Phi) is 6.79. The van der Waals surface area contributed by atoms with Crippen LogP contribution in [0.3, 0.4) is 0 Å². The molecular weight excluding hydrogens is 427 g/mol. The van der Waals surface area contributed by atoms with E-state index < -0.39 is 15.9 Å². The lowest BCUT2D eigenvalue weighted by molar-refractivity contribution is -0.118. The van der Waals surface area contributed by atoms with Crippen LogP contribution in [0.25, 0.3) is 0 Å². The van der Waals surface area contributed by atoms with Crippen LogP contribution < -0.4 is 10.1 Å². The highest BCUT2D eigenvalue weighted by atomic mass is 35.5. The third-order valence-corrected chi connectivity index (χ3v) is 6.40. The molecule has 0 saturated carbocycles. The minimum absolute atomic E-state index is 0.105. The van der Waals surface area contributed by atoms with Crippen molar-refractivity contribution in [3.05, 3.63) is 52.5 Å². The van der Waals surface area contributed by atoms with E-state index in [-0.39, 0.29) is 11.5 Å². The molecule has 2 aromatic carbocycles. The highest BCUT2D eigenvalue weighted by Crippen LogP contribution is 2.27. The second-order valence-electron chi connectivity index (χ2n) is 5.96. The molecule has 0 spiro atoms. The van der Waals surface area contributed by atoms with E-state index in [1.165, 1.54) is 22.5 Å². The molecule has 0 aromatic heterocycles. The molecule has 1 N–H and O–H groups in total. The van der Waals surface area contributed by atoms with Gasteiger partial charge in [-0.25, -0.2) is 8.42 Å². The molecule has 7 nitrogen and oxygen atoms in total. The van der Waals surface area contributed by atoms with Crippen LogP contribution in [0, 0.1) is 0 Å². The van der Waals surface area contributed by atoms with E-state index in [0.29, 0.717) is 47.8 Å². The minimum Gasteiger partial charge on any atom is -0.482 e. The van der Waals surface area contributed by atoms with Gasteiger partial charge in [-0.15, -0.1) is 0 Å². The zero-order valence-corrected chi connectivity index (χ0v) is 17.1. The summed E-state index contributed by atoms with van der Waals surface area (Å²) >= 11 is 11.8. The number of carbonyl (C=O) groups is 1. The van der Waals surface area contributed by atoms with Gasteiger partial charge in [-0.3, -0.25) is 4.79 Å². The first kappa shape index (κ1) is 20.9.